The van der Waals surface area contributed by atoms with Gasteiger partial charge in [-0.2, -0.15) is 0 Å². The summed E-state index contributed by atoms with van der Waals surface area (Å²) in [7, 11) is 2.02. The number of nitrogens with zero attached hydrogens (tertiary/aromatic N) is 1. The van der Waals surface area contributed by atoms with Gasteiger partial charge in [0, 0.05) is 19.5 Å². The summed E-state index contributed by atoms with van der Waals surface area (Å²) < 4.78 is 0. The zero-order valence-corrected chi connectivity index (χ0v) is 12.9. The summed E-state index contributed by atoms with van der Waals surface area (Å²) in [4.78, 5) is 14.4. The van der Waals surface area contributed by atoms with E-state index in [9.17, 15) is 4.79 Å². The minimum Gasteiger partial charge on any atom is -0.343 e. The molecule has 0 aromatic carbocycles. The molecule has 2 aliphatic rings. The minimum absolute atomic E-state index is 0.372. The molecule has 1 heterocycles. The van der Waals surface area contributed by atoms with Crippen LogP contribution in [0.5, 0.6) is 0 Å². The minimum atomic E-state index is 0.372. The largest absolute Gasteiger partial charge is 0.343 e. The molecule has 1 saturated heterocycles. The highest BCUT2D eigenvalue weighted by Crippen LogP contribution is 2.36. The molecule has 0 bridgehead atoms. The number of rotatable bonds is 3. The zero-order valence-electron chi connectivity index (χ0n) is 12.9. The van der Waals surface area contributed by atoms with Crippen molar-refractivity contribution >= 4 is 5.91 Å². The van der Waals surface area contributed by atoms with E-state index in [0.717, 1.165) is 32.4 Å². The Morgan fingerprint density at radius 2 is 1.74 bits per heavy atom. The van der Waals surface area contributed by atoms with Crippen LogP contribution >= 0.6 is 0 Å². The fourth-order valence-electron chi connectivity index (χ4n) is 3.45. The molecular weight excluding hydrogens is 236 g/mol. The van der Waals surface area contributed by atoms with Crippen LogP contribution in [0.1, 0.15) is 58.8 Å². The Hall–Kier alpha value is -0.570. The number of hydrogen-bond donors (Lipinski definition) is 1. The van der Waals surface area contributed by atoms with Crippen LogP contribution in [0.15, 0.2) is 0 Å². The summed E-state index contributed by atoms with van der Waals surface area (Å²) in [6, 6.07) is 0.488. The SMILES string of the molecule is CN(C(=O)CC1CCNCC1)C1CCC(C)(C)CC1. The Morgan fingerprint density at radius 3 is 2.32 bits per heavy atom. The van der Waals surface area contributed by atoms with Gasteiger partial charge in [-0.05, 0) is 62.9 Å². The van der Waals surface area contributed by atoms with Crippen molar-refractivity contribution in [3.05, 3.63) is 0 Å². The summed E-state index contributed by atoms with van der Waals surface area (Å²) in [5.74, 6) is 0.979. The lowest BCUT2D eigenvalue weighted by Gasteiger charge is -2.39. The normalized spacial score (nSPS) is 25.2. The number of carbonyl (C=O) groups is 1. The van der Waals surface area contributed by atoms with Gasteiger partial charge in [-0.15, -0.1) is 0 Å². The highest BCUT2D eigenvalue weighted by molar-refractivity contribution is 5.76. The summed E-state index contributed by atoms with van der Waals surface area (Å²) >= 11 is 0. The molecule has 2 fully saturated rings. The van der Waals surface area contributed by atoms with E-state index in [1.165, 1.54) is 25.7 Å². The summed E-state index contributed by atoms with van der Waals surface area (Å²) in [5.41, 5.74) is 0.482. The van der Waals surface area contributed by atoms with Gasteiger partial charge in [0.1, 0.15) is 0 Å². The van der Waals surface area contributed by atoms with E-state index in [4.69, 9.17) is 0 Å². The van der Waals surface area contributed by atoms with Crippen molar-refractivity contribution in [2.75, 3.05) is 20.1 Å². The van der Waals surface area contributed by atoms with Gasteiger partial charge in [-0.3, -0.25) is 4.79 Å². The van der Waals surface area contributed by atoms with Crippen LogP contribution in [-0.2, 0) is 4.79 Å². The second kappa shape index (κ2) is 6.25. The van der Waals surface area contributed by atoms with Crippen LogP contribution in [0.25, 0.3) is 0 Å². The fraction of sp³-hybridized carbons (Fsp3) is 0.938. The van der Waals surface area contributed by atoms with Gasteiger partial charge in [0.15, 0.2) is 0 Å². The Balaban J connectivity index is 1.78. The highest BCUT2D eigenvalue weighted by Gasteiger charge is 2.31. The van der Waals surface area contributed by atoms with Gasteiger partial charge in [0.2, 0.25) is 5.91 Å². The molecule has 1 aliphatic heterocycles. The summed E-state index contributed by atoms with van der Waals surface area (Å²) in [5, 5.41) is 3.36. The molecule has 3 heteroatoms. The molecule has 1 aliphatic carbocycles. The van der Waals surface area contributed by atoms with Gasteiger partial charge < -0.3 is 10.2 Å². The molecular formula is C16H30N2O. The van der Waals surface area contributed by atoms with E-state index in [0.29, 0.717) is 23.3 Å². The molecule has 3 nitrogen and oxygen atoms in total. The maximum absolute atomic E-state index is 12.4. The number of hydrogen-bond acceptors (Lipinski definition) is 2. The smallest absolute Gasteiger partial charge is 0.222 e. The maximum Gasteiger partial charge on any atom is 0.222 e. The van der Waals surface area contributed by atoms with Crippen LogP contribution in [0.2, 0.25) is 0 Å². The van der Waals surface area contributed by atoms with Gasteiger partial charge in [-0.25, -0.2) is 0 Å². The molecule has 2 rings (SSSR count). The van der Waals surface area contributed by atoms with Crippen molar-refractivity contribution < 1.29 is 4.79 Å². The second-order valence-corrected chi connectivity index (χ2v) is 7.30. The Kier molecular flexibility index (Phi) is 4.88. The number of nitrogens with one attached hydrogen (secondary N) is 1. The third-order valence-corrected chi connectivity index (χ3v) is 5.17. The quantitative estimate of drug-likeness (QED) is 0.852. The molecule has 0 unspecified atom stereocenters. The Morgan fingerprint density at radius 1 is 1.16 bits per heavy atom. The van der Waals surface area contributed by atoms with E-state index >= 15 is 0 Å². The van der Waals surface area contributed by atoms with Crippen LogP contribution in [-0.4, -0.2) is 37.0 Å². The lowest BCUT2D eigenvalue weighted by atomic mass is 9.75. The number of piperidine rings is 1. The molecule has 0 atom stereocenters. The second-order valence-electron chi connectivity index (χ2n) is 7.30. The monoisotopic (exact) mass is 266 g/mol. The molecule has 19 heavy (non-hydrogen) atoms. The van der Waals surface area contributed by atoms with Crippen molar-refractivity contribution in [3.8, 4) is 0 Å². The predicted molar refractivity (Wildman–Crippen MR) is 79.0 cm³/mol. The summed E-state index contributed by atoms with van der Waals surface area (Å²) in [6.07, 6.45) is 7.96. The molecule has 0 aromatic rings. The molecule has 110 valence electrons. The topological polar surface area (TPSA) is 32.3 Å². The van der Waals surface area contributed by atoms with Gasteiger partial charge in [0.25, 0.3) is 0 Å². The fourth-order valence-corrected chi connectivity index (χ4v) is 3.45. The molecule has 0 aromatic heterocycles. The number of carbonyl (C=O) groups excluding carboxylic acids is 1. The van der Waals surface area contributed by atoms with E-state index in [1.807, 2.05) is 7.05 Å². The lowest BCUT2D eigenvalue weighted by Crippen LogP contribution is -2.42. The van der Waals surface area contributed by atoms with Crippen LogP contribution in [0.4, 0.5) is 0 Å². The van der Waals surface area contributed by atoms with Crippen molar-refractivity contribution in [2.24, 2.45) is 11.3 Å². The van der Waals surface area contributed by atoms with E-state index in [1.54, 1.807) is 0 Å². The Labute approximate surface area is 118 Å². The number of amides is 1. The molecule has 1 amide bonds. The van der Waals surface area contributed by atoms with Crippen LogP contribution < -0.4 is 5.32 Å². The van der Waals surface area contributed by atoms with Gasteiger partial charge >= 0.3 is 0 Å². The van der Waals surface area contributed by atoms with Crippen LogP contribution in [0.3, 0.4) is 0 Å². The third-order valence-electron chi connectivity index (χ3n) is 5.17. The lowest BCUT2D eigenvalue weighted by molar-refractivity contribution is -0.134. The molecule has 0 radical (unpaired) electrons. The van der Waals surface area contributed by atoms with E-state index in [-0.39, 0.29) is 0 Å². The van der Waals surface area contributed by atoms with Gasteiger partial charge in [0.05, 0.1) is 0 Å². The standard InChI is InChI=1S/C16H30N2O/c1-16(2)8-4-14(5-9-16)18(3)15(19)12-13-6-10-17-11-7-13/h13-14,17H,4-12H2,1-3H3. The van der Waals surface area contributed by atoms with Crippen LogP contribution in [0, 0.1) is 11.3 Å². The average Bonchev–Trinajstić information content (AvgIpc) is 2.39. The molecule has 1 N–H and O–H groups in total. The maximum atomic E-state index is 12.4. The molecule has 0 spiro atoms. The van der Waals surface area contributed by atoms with Gasteiger partial charge in [-0.1, -0.05) is 13.8 Å². The predicted octanol–water partition coefficient (Wildman–Crippen LogP) is 2.80. The first kappa shape index (κ1) is 14.8. The first-order valence-corrected chi connectivity index (χ1v) is 7.94. The van der Waals surface area contributed by atoms with Crippen molar-refractivity contribution in [3.63, 3.8) is 0 Å². The zero-order chi connectivity index (χ0) is 13.9. The van der Waals surface area contributed by atoms with E-state index < -0.39 is 0 Å². The van der Waals surface area contributed by atoms with Crippen molar-refractivity contribution in [2.45, 2.75) is 64.8 Å². The van der Waals surface area contributed by atoms with E-state index in [2.05, 4.69) is 24.1 Å². The first-order chi connectivity index (χ1) is 8.98. The third kappa shape index (κ3) is 4.20. The van der Waals surface area contributed by atoms with Crippen molar-refractivity contribution in [1.82, 2.24) is 10.2 Å². The molecule has 1 saturated carbocycles. The Bertz CT molecular complexity index is 298. The first-order valence-electron chi connectivity index (χ1n) is 7.94. The highest BCUT2D eigenvalue weighted by atomic mass is 16.2. The summed E-state index contributed by atoms with van der Waals surface area (Å²) in [6.45, 7) is 6.86. The van der Waals surface area contributed by atoms with Crippen molar-refractivity contribution in [1.29, 1.82) is 0 Å². The average molecular weight is 266 g/mol.